The van der Waals surface area contributed by atoms with Crippen LogP contribution in [0.15, 0.2) is 48.1 Å². The Bertz CT molecular complexity index is 2050. The van der Waals surface area contributed by atoms with Gasteiger partial charge in [-0.2, -0.15) is 0 Å². The molecule has 3 heterocycles. The van der Waals surface area contributed by atoms with E-state index in [1.807, 2.05) is 19.1 Å². The van der Waals surface area contributed by atoms with E-state index in [1.165, 1.54) is 11.3 Å². The molecule has 2 N–H and O–H groups in total. The largest absolute Gasteiger partial charge is 1.00 e. The first-order valence-electron chi connectivity index (χ1n) is 19.0. The summed E-state index contributed by atoms with van der Waals surface area (Å²) in [5, 5.41) is 36.2. The number of aromatic nitrogens is 1. The molecule has 0 amide bonds. The Kier molecular flexibility index (Phi) is 9.16. The van der Waals surface area contributed by atoms with Crippen LogP contribution in [0.25, 0.3) is 16.5 Å². The number of aliphatic carboxylic acids is 1. The second-order valence-electron chi connectivity index (χ2n) is 18.7. The van der Waals surface area contributed by atoms with Gasteiger partial charge in [-0.25, -0.2) is 0 Å². The maximum atomic E-state index is 14.9. The summed E-state index contributed by atoms with van der Waals surface area (Å²) in [5.74, 6) is -0.825. The SMILES string of the molecule is C=C(C)[C@H]1C(=O)c2c3c(cc4c5c(n1c24)[C@@]1(C)C(CCC2[C@](C)(/C=C/C=C(\C)CC(=O)[O-])C(O)CC[C@@]21C)C5)C1=CC(C)(C)OC(C)(C)C1C3O.[Rb+]. The fourth-order valence-electron chi connectivity index (χ4n) is 12.8. The van der Waals surface area contributed by atoms with Crippen molar-refractivity contribution in [2.45, 2.75) is 136 Å². The van der Waals surface area contributed by atoms with Crippen LogP contribution in [-0.2, 0) is 21.4 Å². The molecule has 2 aliphatic heterocycles. The third-order valence-electron chi connectivity index (χ3n) is 14.9. The van der Waals surface area contributed by atoms with Crippen molar-refractivity contribution in [3.8, 4) is 0 Å². The van der Waals surface area contributed by atoms with Crippen LogP contribution in [0.2, 0.25) is 0 Å². The average molecular weight is 778 g/mol. The van der Waals surface area contributed by atoms with E-state index >= 15 is 0 Å². The van der Waals surface area contributed by atoms with Gasteiger partial charge in [-0.3, -0.25) is 4.79 Å². The van der Waals surface area contributed by atoms with Gasteiger partial charge >= 0.3 is 58.2 Å². The number of hydrogen-bond acceptors (Lipinski definition) is 6. The van der Waals surface area contributed by atoms with Crippen LogP contribution in [0.5, 0.6) is 0 Å². The number of carbonyl (C=O) groups is 2. The van der Waals surface area contributed by atoms with Gasteiger partial charge in [-0.05, 0) is 120 Å². The minimum Gasteiger partial charge on any atom is -0.550 e. The minimum atomic E-state index is -1.10. The summed E-state index contributed by atoms with van der Waals surface area (Å²) in [6.07, 6.45) is 11.0. The number of aliphatic hydroxyl groups excluding tert-OH is 2. The molecular formula is C44H54NO6Rb. The van der Waals surface area contributed by atoms with Crippen LogP contribution in [0.4, 0.5) is 0 Å². The number of fused-ring (bicyclic) bond motifs is 11. The van der Waals surface area contributed by atoms with Crippen LogP contribution >= 0.6 is 0 Å². The first kappa shape index (κ1) is 38.8. The summed E-state index contributed by atoms with van der Waals surface area (Å²) < 4.78 is 8.87. The van der Waals surface area contributed by atoms with Gasteiger partial charge in [-0.1, -0.05) is 56.7 Å². The Morgan fingerprint density at radius 3 is 2.44 bits per heavy atom. The summed E-state index contributed by atoms with van der Waals surface area (Å²) in [4.78, 5) is 26.1. The Morgan fingerprint density at radius 1 is 1.10 bits per heavy atom. The van der Waals surface area contributed by atoms with Gasteiger partial charge in [0.25, 0.3) is 0 Å². The quantitative estimate of drug-likeness (QED) is 0.348. The third kappa shape index (κ3) is 4.97. The molecule has 2 saturated carbocycles. The number of carboxylic acids is 1. The van der Waals surface area contributed by atoms with Gasteiger partial charge in [-0.15, -0.1) is 0 Å². The van der Waals surface area contributed by atoms with Crippen molar-refractivity contribution in [1.29, 1.82) is 0 Å². The monoisotopic (exact) mass is 777 g/mol. The number of hydrogen-bond donors (Lipinski definition) is 2. The first-order chi connectivity index (χ1) is 23.7. The van der Waals surface area contributed by atoms with Crippen LogP contribution in [0, 0.1) is 28.6 Å². The molecule has 0 saturated heterocycles. The van der Waals surface area contributed by atoms with Gasteiger partial charge in [0, 0.05) is 45.8 Å². The summed E-state index contributed by atoms with van der Waals surface area (Å²) in [5.41, 5.74) is 6.33. The predicted molar refractivity (Wildman–Crippen MR) is 197 cm³/mol. The maximum absolute atomic E-state index is 14.9. The Morgan fingerprint density at radius 2 is 1.79 bits per heavy atom. The zero-order chi connectivity index (χ0) is 37.0. The molecular weight excluding hydrogens is 724 g/mol. The normalized spacial score (nSPS) is 37.9. The Hall–Kier alpha value is -1.45. The number of allylic oxidation sites excluding steroid dienone is 3. The van der Waals surface area contributed by atoms with Gasteiger partial charge < -0.3 is 29.4 Å². The van der Waals surface area contributed by atoms with E-state index in [-0.39, 0.29) is 93.1 Å². The van der Waals surface area contributed by atoms with Crippen LogP contribution < -0.4 is 63.3 Å². The Labute approximate surface area is 357 Å². The number of carboxylic acid groups (broad SMARTS) is 1. The van der Waals surface area contributed by atoms with Crippen LogP contribution in [0.3, 0.4) is 0 Å². The van der Waals surface area contributed by atoms with E-state index in [0.717, 1.165) is 58.9 Å². The number of ether oxygens (including phenoxy) is 1. The topological polar surface area (TPSA) is 112 Å². The number of rotatable bonds is 5. The standard InChI is InChI=1S/C44H55NO6.Rb/c1-22(2)35-38(50)33-32-25(28-21-40(4,5)51-41(6,7)34(28)37(32)49)20-26-27-19-24-13-14-29-42(8,16-11-12-23(3)18-31(47)48)30(46)15-17-43(29,9)44(24,10)39(27)45(35)36(26)33;/h11-12,16,20-21,24,29-30,34-35,37,46,49H,1,13-15,17-19H2,2-10H3,(H,47,48);/q;+1/p-1/b16-11+,23-12+;/t24?,29?,30?,34?,35-,37?,42-,43-,44+;/m0./s1. The molecule has 2 fully saturated rings. The number of carbonyl (C=O) groups excluding carboxylic acids is 2. The number of benzene rings is 1. The molecule has 8 rings (SSSR count). The van der Waals surface area contributed by atoms with Crippen molar-refractivity contribution in [1.82, 2.24) is 4.57 Å². The maximum Gasteiger partial charge on any atom is 1.00 e. The smallest absolute Gasteiger partial charge is 0.550 e. The molecule has 1 aromatic heterocycles. The van der Waals surface area contributed by atoms with E-state index in [4.69, 9.17) is 4.74 Å². The Balaban J connectivity index is 0.00000420. The summed E-state index contributed by atoms with van der Waals surface area (Å²) in [6.45, 7) is 23.4. The van der Waals surface area contributed by atoms with E-state index in [1.54, 1.807) is 6.92 Å². The van der Waals surface area contributed by atoms with Gasteiger partial charge in [0.2, 0.25) is 0 Å². The van der Waals surface area contributed by atoms with Gasteiger partial charge in [0.15, 0.2) is 5.78 Å². The average Bonchev–Trinajstić information content (AvgIpc) is 3.67. The first-order valence-corrected chi connectivity index (χ1v) is 19.0. The second kappa shape index (κ2) is 12.3. The van der Waals surface area contributed by atoms with E-state index in [2.05, 4.69) is 77.8 Å². The van der Waals surface area contributed by atoms with Crippen molar-refractivity contribution in [2.24, 2.45) is 28.6 Å². The molecule has 8 heteroatoms. The molecule has 0 spiro atoms. The van der Waals surface area contributed by atoms with E-state index in [0.29, 0.717) is 23.5 Å². The molecule has 7 nitrogen and oxygen atoms in total. The molecule has 4 aliphatic carbocycles. The molecule has 52 heavy (non-hydrogen) atoms. The fourth-order valence-corrected chi connectivity index (χ4v) is 12.8. The molecule has 272 valence electrons. The molecule has 0 radical (unpaired) electrons. The minimum absolute atomic E-state index is 0. The second-order valence-corrected chi connectivity index (χ2v) is 18.7. The molecule has 9 atom stereocenters. The molecule has 6 aliphatic rings. The number of aliphatic hydroxyl groups is 2. The van der Waals surface area contributed by atoms with Crippen molar-refractivity contribution >= 4 is 28.2 Å². The summed E-state index contributed by atoms with van der Waals surface area (Å²) in [7, 11) is 0. The molecule has 1 aromatic carbocycles. The number of nitrogens with zero attached hydrogens (tertiary/aromatic N) is 1. The van der Waals surface area contributed by atoms with E-state index in [9.17, 15) is 24.9 Å². The van der Waals surface area contributed by atoms with Crippen LogP contribution in [0.1, 0.15) is 139 Å². The van der Waals surface area contributed by atoms with Crippen molar-refractivity contribution in [3.63, 3.8) is 0 Å². The third-order valence-corrected chi connectivity index (χ3v) is 14.9. The van der Waals surface area contributed by atoms with Gasteiger partial charge in [0.1, 0.15) is 6.04 Å². The van der Waals surface area contributed by atoms with Crippen molar-refractivity contribution < 1.29 is 87.8 Å². The van der Waals surface area contributed by atoms with Crippen molar-refractivity contribution in [2.75, 3.05) is 0 Å². The zero-order valence-corrected chi connectivity index (χ0v) is 37.7. The summed E-state index contributed by atoms with van der Waals surface area (Å²) >= 11 is 0. The van der Waals surface area contributed by atoms with E-state index < -0.39 is 40.8 Å². The zero-order valence-electron chi connectivity index (χ0n) is 32.8. The molecule has 2 aromatic rings. The summed E-state index contributed by atoms with van der Waals surface area (Å²) in [6, 6.07) is 1.75. The molecule has 0 bridgehead atoms. The predicted octanol–water partition coefficient (Wildman–Crippen LogP) is 4.24. The number of Topliss-reactive ketones (excluding diaryl/α,β-unsaturated/α-hetero) is 1. The molecule has 5 unspecified atom stereocenters. The number of ketones is 1. The van der Waals surface area contributed by atoms with Crippen molar-refractivity contribution in [3.05, 3.63) is 76.0 Å². The van der Waals surface area contributed by atoms with Gasteiger partial charge in [0.05, 0.1) is 34.5 Å². The van der Waals surface area contributed by atoms with Crippen LogP contribution in [-0.4, -0.2) is 43.8 Å². The fraction of sp³-hybridized carbons (Fsp3) is 0.591.